The molecule has 0 spiro atoms. The molecule has 0 saturated carbocycles. The highest BCUT2D eigenvalue weighted by Gasteiger charge is 2.53. The van der Waals surface area contributed by atoms with Crippen LogP contribution in [-0.2, 0) is 9.31 Å². The molecule has 3 N–H and O–H groups in total. The maximum Gasteiger partial charge on any atom is 0.498 e. The molecular formula is C12H18BNO6. The van der Waals surface area contributed by atoms with Gasteiger partial charge in [0.2, 0.25) is 0 Å². The van der Waals surface area contributed by atoms with Crippen LogP contribution in [0.5, 0.6) is 0 Å². The Morgan fingerprint density at radius 2 is 1.75 bits per heavy atom. The molecule has 0 unspecified atom stereocenters. The minimum Gasteiger partial charge on any atom is -0.511 e. The molecule has 0 radical (unpaired) electrons. The highest BCUT2D eigenvalue weighted by atomic mass is 16.7. The van der Waals surface area contributed by atoms with Gasteiger partial charge in [0.05, 0.1) is 17.7 Å². The number of carbonyl (C=O) groups is 1. The van der Waals surface area contributed by atoms with Crippen molar-refractivity contribution in [1.82, 2.24) is 4.90 Å². The molecule has 7 nitrogen and oxygen atoms in total. The Hall–Kier alpha value is -1.67. The summed E-state index contributed by atoms with van der Waals surface area (Å²) < 4.78 is 11.5. The molecule has 1 fully saturated rings. The van der Waals surface area contributed by atoms with E-state index in [2.05, 4.69) is 0 Å². The number of aliphatic hydroxyl groups is 2. The second-order valence-corrected chi connectivity index (χ2v) is 5.86. The number of rotatable bonds is 1. The highest BCUT2D eigenvalue weighted by Crippen LogP contribution is 2.39. The summed E-state index contributed by atoms with van der Waals surface area (Å²) in [6.45, 7) is 7.11. The average Bonchev–Trinajstić information content (AvgIpc) is 2.50. The fraction of sp³-hybridized carbons (Fsp3) is 0.583. The summed E-state index contributed by atoms with van der Waals surface area (Å²) in [5, 5.41) is 28.5. The quantitative estimate of drug-likeness (QED) is 0.635. The van der Waals surface area contributed by atoms with Gasteiger partial charge in [0.15, 0.2) is 5.88 Å². The molecule has 0 bridgehead atoms. The van der Waals surface area contributed by atoms with Crippen LogP contribution in [0.4, 0.5) is 4.79 Å². The van der Waals surface area contributed by atoms with Gasteiger partial charge in [-0.05, 0) is 27.7 Å². The zero-order chi connectivity index (χ0) is 15.3. The van der Waals surface area contributed by atoms with Gasteiger partial charge in [0.1, 0.15) is 5.76 Å². The summed E-state index contributed by atoms with van der Waals surface area (Å²) in [6.07, 6.45) is -0.201. The largest absolute Gasteiger partial charge is 0.511 e. The summed E-state index contributed by atoms with van der Waals surface area (Å²) in [7, 11) is -0.849. The van der Waals surface area contributed by atoms with Crippen LogP contribution in [0, 0.1) is 0 Å². The van der Waals surface area contributed by atoms with E-state index in [1.807, 2.05) is 27.7 Å². The third-order valence-electron chi connectivity index (χ3n) is 3.94. The van der Waals surface area contributed by atoms with Crippen LogP contribution in [-0.4, -0.2) is 51.2 Å². The minimum atomic E-state index is -1.35. The summed E-state index contributed by atoms with van der Waals surface area (Å²) >= 11 is 0. The summed E-state index contributed by atoms with van der Waals surface area (Å²) in [4.78, 5) is 11.5. The van der Waals surface area contributed by atoms with Crippen molar-refractivity contribution in [3.63, 3.8) is 0 Å². The van der Waals surface area contributed by atoms with Gasteiger partial charge in [0.25, 0.3) is 0 Å². The molecule has 110 valence electrons. The summed E-state index contributed by atoms with van der Waals surface area (Å²) in [5.41, 5.74) is -0.935. The van der Waals surface area contributed by atoms with Crippen LogP contribution in [0.25, 0.3) is 0 Å². The molecule has 0 aromatic carbocycles. The molecule has 0 aromatic heterocycles. The molecular weight excluding hydrogens is 265 g/mol. The Morgan fingerprint density at radius 3 is 2.20 bits per heavy atom. The maximum atomic E-state index is 10.9. The number of hydrogen-bond donors (Lipinski definition) is 3. The summed E-state index contributed by atoms with van der Waals surface area (Å²) in [6, 6.07) is 0. The van der Waals surface area contributed by atoms with Crippen LogP contribution in [0.15, 0.2) is 23.2 Å². The Bertz CT molecular complexity index is 494. The first kappa shape index (κ1) is 14.7. The molecule has 2 aliphatic rings. The van der Waals surface area contributed by atoms with Crippen molar-refractivity contribution in [2.75, 3.05) is 6.54 Å². The third kappa shape index (κ3) is 2.25. The lowest BCUT2D eigenvalue weighted by Gasteiger charge is -2.32. The first-order chi connectivity index (χ1) is 9.05. The van der Waals surface area contributed by atoms with Crippen LogP contribution in [0.2, 0.25) is 0 Å². The van der Waals surface area contributed by atoms with Gasteiger partial charge in [-0.15, -0.1) is 0 Å². The second kappa shape index (κ2) is 4.42. The van der Waals surface area contributed by atoms with Crippen molar-refractivity contribution < 1.29 is 29.4 Å². The second-order valence-electron chi connectivity index (χ2n) is 5.86. The van der Waals surface area contributed by atoms with E-state index >= 15 is 0 Å². The first-order valence-corrected chi connectivity index (χ1v) is 6.24. The fourth-order valence-electron chi connectivity index (χ4n) is 1.96. The Morgan fingerprint density at radius 1 is 1.25 bits per heavy atom. The van der Waals surface area contributed by atoms with Crippen LogP contribution < -0.4 is 0 Å². The number of amides is 1. The van der Waals surface area contributed by atoms with E-state index < -0.39 is 30.3 Å². The van der Waals surface area contributed by atoms with Gasteiger partial charge in [-0.25, -0.2) is 9.69 Å². The van der Waals surface area contributed by atoms with Crippen molar-refractivity contribution in [3.8, 4) is 0 Å². The average molecular weight is 283 g/mol. The molecule has 0 atom stereocenters. The Labute approximate surface area is 117 Å². The number of allylic oxidation sites excluding steroid dienone is 2. The van der Waals surface area contributed by atoms with E-state index in [4.69, 9.17) is 14.4 Å². The lowest BCUT2D eigenvalue weighted by atomic mass is 9.76. The molecule has 8 heteroatoms. The minimum absolute atomic E-state index is 0.205. The molecule has 2 rings (SSSR count). The van der Waals surface area contributed by atoms with E-state index in [9.17, 15) is 15.0 Å². The topological polar surface area (TPSA) is 99.5 Å². The van der Waals surface area contributed by atoms with E-state index in [0.717, 1.165) is 6.08 Å². The zero-order valence-electron chi connectivity index (χ0n) is 11.9. The van der Waals surface area contributed by atoms with E-state index in [1.165, 1.54) is 0 Å². The SMILES string of the molecule is CC1(C)OB(C2=C(O)CN(C(=O)O)C(O)=C2)OC1(C)C. The van der Waals surface area contributed by atoms with Crippen LogP contribution in [0.3, 0.4) is 0 Å². The van der Waals surface area contributed by atoms with Crippen molar-refractivity contribution in [3.05, 3.63) is 23.2 Å². The lowest BCUT2D eigenvalue weighted by molar-refractivity contribution is 0.00578. The van der Waals surface area contributed by atoms with Gasteiger partial charge >= 0.3 is 13.2 Å². The van der Waals surface area contributed by atoms with Gasteiger partial charge in [-0.1, -0.05) is 0 Å². The monoisotopic (exact) mass is 283 g/mol. The van der Waals surface area contributed by atoms with Crippen molar-refractivity contribution in [1.29, 1.82) is 0 Å². The number of nitrogens with zero attached hydrogens (tertiary/aromatic N) is 1. The first-order valence-electron chi connectivity index (χ1n) is 6.24. The molecule has 0 aromatic rings. The number of hydrogen-bond acceptors (Lipinski definition) is 5. The van der Waals surface area contributed by atoms with Gasteiger partial charge in [0, 0.05) is 11.5 Å². The molecule has 1 amide bonds. The number of aliphatic hydroxyl groups excluding tert-OH is 2. The van der Waals surface area contributed by atoms with Crippen LogP contribution in [0.1, 0.15) is 27.7 Å². The summed E-state index contributed by atoms with van der Waals surface area (Å²) in [5.74, 6) is -0.677. The Balaban J connectivity index is 2.28. The third-order valence-corrected chi connectivity index (χ3v) is 3.94. The van der Waals surface area contributed by atoms with Crippen molar-refractivity contribution >= 4 is 13.2 Å². The molecule has 2 heterocycles. The molecule has 20 heavy (non-hydrogen) atoms. The maximum absolute atomic E-state index is 10.9. The fourth-order valence-corrected chi connectivity index (χ4v) is 1.96. The predicted octanol–water partition coefficient (Wildman–Crippen LogP) is 1.82. The van der Waals surface area contributed by atoms with Crippen molar-refractivity contribution in [2.24, 2.45) is 0 Å². The van der Waals surface area contributed by atoms with Crippen molar-refractivity contribution in [2.45, 2.75) is 38.9 Å². The van der Waals surface area contributed by atoms with Gasteiger partial charge in [-0.3, -0.25) is 0 Å². The zero-order valence-corrected chi connectivity index (χ0v) is 11.9. The molecule has 2 aliphatic heterocycles. The Kier molecular flexibility index (Phi) is 3.26. The van der Waals surface area contributed by atoms with Gasteiger partial charge in [-0.2, -0.15) is 0 Å². The number of carboxylic acid groups (broad SMARTS) is 1. The molecule has 0 aliphatic carbocycles. The van der Waals surface area contributed by atoms with Gasteiger partial charge < -0.3 is 24.6 Å². The van der Waals surface area contributed by atoms with E-state index in [0.29, 0.717) is 4.90 Å². The molecule has 1 saturated heterocycles. The smallest absolute Gasteiger partial charge is 0.498 e. The van der Waals surface area contributed by atoms with E-state index in [-0.39, 0.29) is 17.8 Å². The predicted molar refractivity (Wildman–Crippen MR) is 71.2 cm³/mol. The van der Waals surface area contributed by atoms with Crippen LogP contribution >= 0.6 is 0 Å². The lowest BCUT2D eigenvalue weighted by Crippen LogP contribution is -2.41. The standard InChI is InChI=1S/C12H18BNO6/c1-11(2)12(3,4)20-13(19-11)7-5-9(16)14(10(17)18)6-8(7)15/h5,15-16H,6H2,1-4H3,(H,17,18). The van der Waals surface area contributed by atoms with E-state index in [1.54, 1.807) is 0 Å². The highest BCUT2D eigenvalue weighted by molar-refractivity contribution is 6.55. The normalized spacial score (nSPS) is 24.9.